The van der Waals surface area contributed by atoms with Gasteiger partial charge in [0.15, 0.2) is 16.6 Å². The molecule has 2 aromatic carbocycles. The van der Waals surface area contributed by atoms with Gasteiger partial charge >= 0.3 is 0 Å². The standard InChI is InChI=1S/C26H25N3O4S/c1-2-17-5-7-22-19(10-17)12-20(25(30)28-22)15-29(26(34)27-13-21-4-3-9-31-21)14-18-6-8-23-24(11-18)33-16-32-23/h3-12H,2,13-16H2,1H3,(H,27,34)(H,28,30). The molecule has 0 saturated carbocycles. The van der Waals surface area contributed by atoms with E-state index in [1.165, 1.54) is 5.56 Å². The minimum Gasteiger partial charge on any atom is -0.467 e. The van der Waals surface area contributed by atoms with Crippen LogP contribution in [0, 0.1) is 0 Å². The highest BCUT2D eigenvalue weighted by atomic mass is 32.1. The number of ether oxygens (including phenoxy) is 2. The molecule has 0 saturated heterocycles. The van der Waals surface area contributed by atoms with Gasteiger partial charge in [-0.25, -0.2) is 0 Å². The van der Waals surface area contributed by atoms with Gasteiger partial charge in [-0.15, -0.1) is 0 Å². The molecule has 0 unspecified atom stereocenters. The van der Waals surface area contributed by atoms with Gasteiger partial charge in [-0.05, 0) is 77.6 Å². The molecule has 174 valence electrons. The molecule has 3 heterocycles. The SMILES string of the molecule is CCc1ccc2[nH]c(=O)c(CN(Cc3ccc4c(c3)OCO4)C(=S)NCc3ccco3)cc2c1. The Hall–Kier alpha value is -3.78. The first-order chi connectivity index (χ1) is 16.6. The van der Waals surface area contributed by atoms with E-state index in [4.69, 9.17) is 26.1 Å². The number of H-pyrrole nitrogens is 1. The normalized spacial score (nSPS) is 12.1. The van der Waals surface area contributed by atoms with Gasteiger partial charge in [0.1, 0.15) is 5.76 Å². The second-order valence-corrected chi connectivity index (χ2v) is 8.57. The zero-order chi connectivity index (χ0) is 23.5. The van der Waals surface area contributed by atoms with Gasteiger partial charge in [0.2, 0.25) is 6.79 Å². The Kier molecular flexibility index (Phi) is 6.22. The fraction of sp³-hybridized carbons (Fsp3) is 0.231. The molecule has 0 aliphatic carbocycles. The number of hydrogen-bond donors (Lipinski definition) is 2. The number of fused-ring (bicyclic) bond motifs is 2. The van der Waals surface area contributed by atoms with Crippen LogP contribution in [0.5, 0.6) is 11.5 Å². The number of aryl methyl sites for hydroxylation is 1. The van der Waals surface area contributed by atoms with Crippen LogP contribution >= 0.6 is 12.2 Å². The summed E-state index contributed by atoms with van der Waals surface area (Å²) < 4.78 is 16.4. The van der Waals surface area contributed by atoms with E-state index < -0.39 is 0 Å². The van der Waals surface area contributed by atoms with Crippen LogP contribution in [0.25, 0.3) is 10.9 Å². The first kappa shape index (κ1) is 22.0. The van der Waals surface area contributed by atoms with Crippen LogP contribution in [-0.4, -0.2) is 21.8 Å². The number of hydrogen-bond acceptors (Lipinski definition) is 5. The van der Waals surface area contributed by atoms with Gasteiger partial charge in [-0.2, -0.15) is 0 Å². The van der Waals surface area contributed by atoms with E-state index in [9.17, 15) is 4.79 Å². The zero-order valence-electron chi connectivity index (χ0n) is 18.8. The van der Waals surface area contributed by atoms with Crippen molar-refractivity contribution < 1.29 is 13.9 Å². The van der Waals surface area contributed by atoms with Crippen LogP contribution in [0.2, 0.25) is 0 Å². The molecular formula is C26H25N3O4S. The number of aromatic nitrogens is 1. The Bertz CT molecular complexity index is 1380. The quantitative estimate of drug-likeness (QED) is 0.381. The van der Waals surface area contributed by atoms with E-state index >= 15 is 0 Å². The third-order valence-corrected chi connectivity index (χ3v) is 6.25. The molecule has 0 bridgehead atoms. The van der Waals surface area contributed by atoms with Crippen molar-refractivity contribution in [3.63, 3.8) is 0 Å². The highest BCUT2D eigenvalue weighted by Crippen LogP contribution is 2.33. The molecule has 2 N–H and O–H groups in total. The van der Waals surface area contributed by atoms with Crippen molar-refractivity contribution in [1.29, 1.82) is 0 Å². The van der Waals surface area contributed by atoms with Crippen LogP contribution in [0.3, 0.4) is 0 Å². The van der Waals surface area contributed by atoms with E-state index in [1.807, 2.05) is 53.4 Å². The highest BCUT2D eigenvalue weighted by Gasteiger charge is 2.18. The number of nitrogens with zero attached hydrogens (tertiary/aromatic N) is 1. The fourth-order valence-electron chi connectivity index (χ4n) is 3.99. The Balaban J connectivity index is 1.42. The fourth-order valence-corrected chi connectivity index (χ4v) is 4.19. The molecule has 1 aliphatic heterocycles. The largest absolute Gasteiger partial charge is 0.467 e. The molecule has 8 heteroatoms. The number of benzene rings is 2. The van der Waals surface area contributed by atoms with Crippen LogP contribution < -0.4 is 20.3 Å². The van der Waals surface area contributed by atoms with Gasteiger partial charge in [-0.3, -0.25) is 4.79 Å². The molecule has 5 rings (SSSR count). The maximum atomic E-state index is 12.9. The summed E-state index contributed by atoms with van der Waals surface area (Å²) in [6.45, 7) is 3.63. The summed E-state index contributed by atoms with van der Waals surface area (Å²) in [5, 5.41) is 4.78. The van der Waals surface area contributed by atoms with Crippen molar-refractivity contribution in [2.75, 3.05) is 6.79 Å². The van der Waals surface area contributed by atoms with Crippen molar-refractivity contribution in [2.45, 2.75) is 33.0 Å². The van der Waals surface area contributed by atoms with Crippen LogP contribution in [0.15, 0.2) is 70.1 Å². The molecule has 1 aliphatic rings. The number of rotatable bonds is 7. The smallest absolute Gasteiger partial charge is 0.253 e. The average molecular weight is 476 g/mol. The average Bonchev–Trinajstić information content (AvgIpc) is 3.54. The minimum absolute atomic E-state index is 0.124. The third-order valence-electron chi connectivity index (χ3n) is 5.85. The second-order valence-electron chi connectivity index (χ2n) is 8.18. The van der Waals surface area contributed by atoms with Crippen molar-refractivity contribution in [1.82, 2.24) is 15.2 Å². The lowest BCUT2D eigenvalue weighted by atomic mass is 10.1. The number of aromatic amines is 1. The summed E-state index contributed by atoms with van der Waals surface area (Å²) in [4.78, 5) is 17.9. The van der Waals surface area contributed by atoms with Gasteiger partial charge in [0, 0.05) is 17.6 Å². The summed E-state index contributed by atoms with van der Waals surface area (Å²) in [5.41, 5.74) is 3.56. The Labute approximate surface area is 202 Å². The monoisotopic (exact) mass is 475 g/mol. The van der Waals surface area contributed by atoms with E-state index in [1.54, 1.807) is 6.26 Å². The number of thiocarbonyl (C=S) groups is 1. The molecule has 34 heavy (non-hydrogen) atoms. The van der Waals surface area contributed by atoms with Crippen molar-refractivity contribution in [3.05, 3.63) is 93.7 Å². The lowest BCUT2D eigenvalue weighted by Crippen LogP contribution is -2.39. The highest BCUT2D eigenvalue weighted by molar-refractivity contribution is 7.80. The molecule has 0 spiro atoms. The van der Waals surface area contributed by atoms with Gasteiger partial charge in [-0.1, -0.05) is 19.1 Å². The lowest BCUT2D eigenvalue weighted by Gasteiger charge is -2.26. The molecule has 0 atom stereocenters. The Morgan fingerprint density at radius 3 is 2.74 bits per heavy atom. The summed E-state index contributed by atoms with van der Waals surface area (Å²) in [7, 11) is 0. The predicted molar refractivity (Wildman–Crippen MR) is 134 cm³/mol. The summed E-state index contributed by atoms with van der Waals surface area (Å²) in [6, 6.07) is 17.6. The van der Waals surface area contributed by atoms with Crippen LogP contribution in [-0.2, 0) is 26.1 Å². The van der Waals surface area contributed by atoms with Crippen molar-refractivity contribution >= 4 is 28.2 Å². The summed E-state index contributed by atoms with van der Waals surface area (Å²) in [6.07, 6.45) is 2.56. The van der Waals surface area contributed by atoms with Crippen molar-refractivity contribution in [2.24, 2.45) is 0 Å². The Morgan fingerprint density at radius 2 is 1.91 bits per heavy atom. The van der Waals surface area contributed by atoms with Crippen molar-refractivity contribution in [3.8, 4) is 11.5 Å². The molecule has 4 aromatic rings. The summed E-state index contributed by atoms with van der Waals surface area (Å²) in [5.74, 6) is 2.22. The number of pyridine rings is 1. The third kappa shape index (κ3) is 4.77. The van der Waals surface area contributed by atoms with Gasteiger partial charge in [0.05, 0.1) is 19.4 Å². The van der Waals surface area contributed by atoms with E-state index in [-0.39, 0.29) is 12.4 Å². The van der Waals surface area contributed by atoms with Crippen LogP contribution in [0.1, 0.15) is 29.4 Å². The number of furan rings is 1. The molecule has 0 amide bonds. The lowest BCUT2D eigenvalue weighted by molar-refractivity contribution is 0.174. The first-order valence-corrected chi connectivity index (χ1v) is 11.6. The molecular weight excluding hydrogens is 450 g/mol. The predicted octanol–water partition coefficient (Wildman–Crippen LogP) is 4.49. The van der Waals surface area contributed by atoms with E-state index in [0.717, 1.165) is 34.4 Å². The van der Waals surface area contributed by atoms with E-state index in [2.05, 4.69) is 23.3 Å². The first-order valence-electron chi connectivity index (χ1n) is 11.2. The number of nitrogens with one attached hydrogen (secondary N) is 2. The summed E-state index contributed by atoms with van der Waals surface area (Å²) >= 11 is 5.73. The van der Waals surface area contributed by atoms with E-state index in [0.29, 0.717) is 36.1 Å². The van der Waals surface area contributed by atoms with Crippen LogP contribution in [0.4, 0.5) is 0 Å². The maximum absolute atomic E-state index is 12.9. The molecule has 7 nitrogen and oxygen atoms in total. The zero-order valence-corrected chi connectivity index (χ0v) is 19.6. The van der Waals surface area contributed by atoms with Gasteiger partial charge < -0.3 is 29.1 Å². The molecule has 0 radical (unpaired) electrons. The second kappa shape index (κ2) is 9.61. The topological polar surface area (TPSA) is 79.7 Å². The molecule has 2 aromatic heterocycles. The Morgan fingerprint density at radius 1 is 1.06 bits per heavy atom. The van der Waals surface area contributed by atoms with Gasteiger partial charge in [0.25, 0.3) is 5.56 Å². The minimum atomic E-state index is -0.124. The maximum Gasteiger partial charge on any atom is 0.253 e. The molecule has 0 fully saturated rings.